The Balaban J connectivity index is 2.24. The first kappa shape index (κ1) is 12.3. The van der Waals surface area contributed by atoms with Crippen LogP contribution in [0.15, 0.2) is 36.5 Å². The summed E-state index contributed by atoms with van der Waals surface area (Å²) in [7, 11) is 0. The minimum atomic E-state index is 0.569. The molecule has 0 amide bonds. The molecule has 1 aromatic carbocycles. The maximum atomic E-state index is 6.14. The number of rotatable bonds is 1. The number of nitrogens with zero attached hydrogens (tertiary/aromatic N) is 2. The zero-order chi connectivity index (χ0) is 13.6. The third kappa shape index (κ3) is 2.05. The summed E-state index contributed by atoms with van der Waals surface area (Å²) in [6.07, 6.45) is 1.76. The van der Waals surface area contributed by atoms with E-state index < -0.39 is 0 Å². The van der Waals surface area contributed by atoms with Gasteiger partial charge in [-0.25, -0.2) is 4.98 Å². The molecular weight excluding hydrogens is 281 g/mol. The van der Waals surface area contributed by atoms with Crippen molar-refractivity contribution in [2.45, 2.75) is 6.92 Å². The average Bonchev–Trinajstić information content (AvgIpc) is 2.70. The number of pyridine rings is 1. The zero-order valence-corrected chi connectivity index (χ0v) is 11.7. The van der Waals surface area contributed by atoms with E-state index >= 15 is 0 Å². The summed E-state index contributed by atoms with van der Waals surface area (Å²) >= 11 is 12.0. The lowest BCUT2D eigenvalue weighted by Gasteiger charge is -2.02. The van der Waals surface area contributed by atoms with Crippen molar-refractivity contribution in [2.75, 3.05) is 5.73 Å². The quantitative estimate of drug-likeness (QED) is 0.730. The molecule has 0 saturated heterocycles. The first-order valence-corrected chi connectivity index (χ1v) is 6.51. The SMILES string of the molecule is Cc1cc(-c2nc3ccc(Cl)cn3c2N)ccc1Cl. The molecule has 0 bridgehead atoms. The fraction of sp³-hybridized carbons (Fsp3) is 0.0714. The Bertz CT molecular complexity index is 778. The number of nitrogen functional groups attached to an aromatic ring is 1. The highest BCUT2D eigenvalue weighted by Gasteiger charge is 2.12. The van der Waals surface area contributed by atoms with Gasteiger partial charge in [0.15, 0.2) is 0 Å². The van der Waals surface area contributed by atoms with Gasteiger partial charge in [0.2, 0.25) is 0 Å². The summed E-state index contributed by atoms with van der Waals surface area (Å²) in [6, 6.07) is 9.37. The summed E-state index contributed by atoms with van der Waals surface area (Å²) in [6.45, 7) is 1.95. The van der Waals surface area contributed by atoms with Crippen LogP contribution in [0, 0.1) is 6.92 Å². The van der Waals surface area contributed by atoms with Crippen molar-refractivity contribution in [3.05, 3.63) is 52.1 Å². The molecule has 2 aromatic heterocycles. The third-order valence-corrected chi connectivity index (χ3v) is 3.70. The van der Waals surface area contributed by atoms with Crippen LogP contribution in [0.25, 0.3) is 16.9 Å². The van der Waals surface area contributed by atoms with E-state index in [9.17, 15) is 0 Å². The van der Waals surface area contributed by atoms with Crippen LogP contribution in [-0.4, -0.2) is 9.38 Å². The van der Waals surface area contributed by atoms with E-state index in [0.717, 1.165) is 27.5 Å². The van der Waals surface area contributed by atoms with Gasteiger partial charge in [0, 0.05) is 16.8 Å². The molecule has 2 N–H and O–H groups in total. The molecule has 19 heavy (non-hydrogen) atoms. The second-order valence-electron chi connectivity index (χ2n) is 4.39. The van der Waals surface area contributed by atoms with Gasteiger partial charge in [-0.05, 0) is 36.8 Å². The number of fused-ring (bicyclic) bond motifs is 1. The molecule has 3 aromatic rings. The highest BCUT2D eigenvalue weighted by Crippen LogP contribution is 2.29. The van der Waals surface area contributed by atoms with E-state index in [0.29, 0.717) is 10.8 Å². The molecule has 0 spiro atoms. The standard InChI is InChI=1S/C14H11Cl2N3/c1-8-6-9(2-4-11(8)16)13-14(17)19-7-10(15)3-5-12(19)18-13/h2-7H,17H2,1H3. The van der Waals surface area contributed by atoms with E-state index in [4.69, 9.17) is 28.9 Å². The van der Waals surface area contributed by atoms with Gasteiger partial charge < -0.3 is 5.73 Å². The van der Waals surface area contributed by atoms with Crippen molar-refractivity contribution in [1.29, 1.82) is 0 Å². The van der Waals surface area contributed by atoms with Gasteiger partial charge in [-0.2, -0.15) is 0 Å². The van der Waals surface area contributed by atoms with E-state index in [-0.39, 0.29) is 0 Å². The molecule has 0 saturated carbocycles. The highest BCUT2D eigenvalue weighted by atomic mass is 35.5. The molecule has 0 aliphatic carbocycles. The lowest BCUT2D eigenvalue weighted by atomic mass is 10.1. The average molecular weight is 292 g/mol. The van der Waals surface area contributed by atoms with Crippen molar-refractivity contribution in [1.82, 2.24) is 9.38 Å². The number of hydrogen-bond acceptors (Lipinski definition) is 2. The molecule has 3 rings (SSSR count). The predicted octanol–water partition coefficient (Wildman–Crippen LogP) is 4.20. The van der Waals surface area contributed by atoms with E-state index in [1.54, 1.807) is 16.7 Å². The molecule has 0 unspecified atom stereocenters. The van der Waals surface area contributed by atoms with Gasteiger partial charge in [0.05, 0.1) is 5.02 Å². The molecule has 96 valence electrons. The Labute approximate surface area is 120 Å². The van der Waals surface area contributed by atoms with Gasteiger partial charge in [-0.3, -0.25) is 4.40 Å². The fourth-order valence-electron chi connectivity index (χ4n) is 2.04. The van der Waals surface area contributed by atoms with E-state index in [2.05, 4.69) is 4.98 Å². The molecule has 3 nitrogen and oxygen atoms in total. The number of aryl methyl sites for hydroxylation is 1. The summed E-state index contributed by atoms with van der Waals surface area (Å²) in [4.78, 5) is 4.53. The van der Waals surface area contributed by atoms with Crippen molar-refractivity contribution >= 4 is 34.7 Å². The first-order valence-electron chi connectivity index (χ1n) is 5.76. The van der Waals surface area contributed by atoms with Crippen molar-refractivity contribution in [3.8, 4) is 11.3 Å². The second kappa shape index (κ2) is 4.44. The molecule has 0 radical (unpaired) electrons. The molecule has 0 aliphatic heterocycles. The van der Waals surface area contributed by atoms with Gasteiger partial charge in [0.1, 0.15) is 17.2 Å². The minimum Gasteiger partial charge on any atom is -0.383 e. The molecule has 2 heterocycles. The van der Waals surface area contributed by atoms with Crippen LogP contribution in [-0.2, 0) is 0 Å². The number of hydrogen-bond donors (Lipinski definition) is 1. The van der Waals surface area contributed by atoms with Crippen LogP contribution in [0.5, 0.6) is 0 Å². The van der Waals surface area contributed by atoms with Gasteiger partial charge >= 0.3 is 0 Å². The maximum absolute atomic E-state index is 6.14. The Hall–Kier alpha value is -1.71. The predicted molar refractivity (Wildman–Crippen MR) is 79.8 cm³/mol. The monoisotopic (exact) mass is 291 g/mol. The minimum absolute atomic E-state index is 0.569. The van der Waals surface area contributed by atoms with Gasteiger partial charge in [0.25, 0.3) is 0 Å². The number of halogens is 2. The number of nitrogens with two attached hydrogens (primary N) is 1. The van der Waals surface area contributed by atoms with Gasteiger partial charge in [-0.1, -0.05) is 29.3 Å². The molecule has 0 atom stereocenters. The van der Waals surface area contributed by atoms with Gasteiger partial charge in [-0.15, -0.1) is 0 Å². The zero-order valence-electron chi connectivity index (χ0n) is 10.2. The number of imidazole rings is 1. The summed E-state index contributed by atoms with van der Waals surface area (Å²) in [5.41, 5.74) is 9.58. The Kier molecular flexibility index (Phi) is 2.88. The smallest absolute Gasteiger partial charge is 0.139 e. The van der Waals surface area contributed by atoms with Crippen LogP contribution >= 0.6 is 23.2 Å². The van der Waals surface area contributed by atoms with Crippen LogP contribution in [0.2, 0.25) is 10.0 Å². The number of anilines is 1. The highest BCUT2D eigenvalue weighted by molar-refractivity contribution is 6.31. The normalized spacial score (nSPS) is 11.1. The second-order valence-corrected chi connectivity index (χ2v) is 5.23. The van der Waals surface area contributed by atoms with Crippen LogP contribution < -0.4 is 5.73 Å². The Morgan fingerprint density at radius 1 is 1.16 bits per heavy atom. The first-order chi connectivity index (χ1) is 9.06. The lowest BCUT2D eigenvalue weighted by molar-refractivity contribution is 1.20. The summed E-state index contributed by atoms with van der Waals surface area (Å²) < 4.78 is 1.78. The molecule has 0 aliphatic rings. The molecule has 0 fully saturated rings. The van der Waals surface area contributed by atoms with Crippen LogP contribution in [0.1, 0.15) is 5.56 Å². The number of benzene rings is 1. The van der Waals surface area contributed by atoms with Crippen LogP contribution in [0.3, 0.4) is 0 Å². The van der Waals surface area contributed by atoms with Crippen molar-refractivity contribution < 1.29 is 0 Å². The molecule has 5 heteroatoms. The van der Waals surface area contributed by atoms with E-state index in [1.807, 2.05) is 31.2 Å². The topological polar surface area (TPSA) is 43.3 Å². The largest absolute Gasteiger partial charge is 0.383 e. The Morgan fingerprint density at radius 3 is 2.68 bits per heavy atom. The summed E-state index contributed by atoms with van der Waals surface area (Å²) in [5.74, 6) is 0.569. The summed E-state index contributed by atoms with van der Waals surface area (Å²) in [5, 5.41) is 1.35. The third-order valence-electron chi connectivity index (χ3n) is 3.05. The maximum Gasteiger partial charge on any atom is 0.139 e. The lowest BCUT2D eigenvalue weighted by Crippen LogP contribution is -1.94. The van der Waals surface area contributed by atoms with Crippen LogP contribution in [0.4, 0.5) is 5.82 Å². The fourth-order valence-corrected chi connectivity index (χ4v) is 2.32. The number of aromatic nitrogens is 2. The molecular formula is C14H11Cl2N3. The van der Waals surface area contributed by atoms with Crippen molar-refractivity contribution in [2.24, 2.45) is 0 Å². The van der Waals surface area contributed by atoms with Crippen molar-refractivity contribution in [3.63, 3.8) is 0 Å². The Morgan fingerprint density at radius 2 is 1.95 bits per heavy atom. The van der Waals surface area contributed by atoms with E-state index in [1.165, 1.54) is 0 Å².